The molecular weight excluding hydrogens is 344 g/mol. The number of nitrogens with one attached hydrogen (secondary N) is 1. The molecule has 2 aromatic rings. The first-order valence-electron chi connectivity index (χ1n) is 7.46. The molecular formula is C18H19ClN2O4. The fourth-order valence-electron chi connectivity index (χ4n) is 2.06. The fourth-order valence-corrected chi connectivity index (χ4v) is 2.29. The second kappa shape index (κ2) is 8.94. The van der Waals surface area contributed by atoms with Crippen LogP contribution < -0.4 is 19.6 Å². The molecule has 0 unspecified atom stereocenters. The predicted octanol–water partition coefficient (Wildman–Crippen LogP) is 3.19. The lowest BCUT2D eigenvalue weighted by molar-refractivity contribution is -0.123. The third-order valence-corrected chi connectivity index (χ3v) is 3.54. The van der Waals surface area contributed by atoms with Gasteiger partial charge in [-0.15, -0.1) is 0 Å². The minimum atomic E-state index is -0.369. The van der Waals surface area contributed by atoms with Crippen molar-refractivity contribution in [1.82, 2.24) is 5.43 Å². The van der Waals surface area contributed by atoms with Crippen LogP contribution in [-0.4, -0.2) is 32.9 Å². The van der Waals surface area contributed by atoms with E-state index in [0.29, 0.717) is 22.3 Å². The van der Waals surface area contributed by atoms with Crippen LogP contribution in [0.3, 0.4) is 0 Å². The van der Waals surface area contributed by atoms with Crippen LogP contribution in [0.15, 0.2) is 41.5 Å². The standard InChI is InChI=1S/C18H19ClN2O4/c1-12-8-14(19)5-7-15(12)25-11-18(22)21-20-10-13-4-6-16(23-2)17(9-13)24-3/h4-10H,11H2,1-3H3,(H,21,22)/b20-10+. The van der Waals surface area contributed by atoms with E-state index in [0.717, 1.165) is 11.1 Å². The third-order valence-electron chi connectivity index (χ3n) is 3.31. The minimum absolute atomic E-state index is 0.147. The van der Waals surface area contributed by atoms with E-state index in [1.54, 1.807) is 50.6 Å². The number of hydrogen-bond acceptors (Lipinski definition) is 5. The van der Waals surface area contributed by atoms with E-state index in [-0.39, 0.29) is 12.5 Å². The first-order valence-corrected chi connectivity index (χ1v) is 7.84. The van der Waals surface area contributed by atoms with Gasteiger partial charge in [0, 0.05) is 5.02 Å². The van der Waals surface area contributed by atoms with Crippen LogP contribution in [0.2, 0.25) is 5.02 Å². The average Bonchev–Trinajstić information content (AvgIpc) is 2.60. The second-order valence-electron chi connectivity index (χ2n) is 5.11. The lowest BCUT2D eigenvalue weighted by atomic mass is 10.2. The summed E-state index contributed by atoms with van der Waals surface area (Å²) in [7, 11) is 3.12. The molecule has 7 heteroatoms. The molecule has 2 aromatic carbocycles. The first-order chi connectivity index (χ1) is 12.0. The topological polar surface area (TPSA) is 69.2 Å². The normalized spacial score (nSPS) is 10.6. The van der Waals surface area contributed by atoms with Crippen molar-refractivity contribution in [2.75, 3.05) is 20.8 Å². The number of hydrazone groups is 1. The number of halogens is 1. The van der Waals surface area contributed by atoms with E-state index in [1.165, 1.54) is 6.21 Å². The molecule has 0 saturated carbocycles. The van der Waals surface area contributed by atoms with Gasteiger partial charge in [-0.1, -0.05) is 11.6 Å². The molecule has 0 fully saturated rings. The van der Waals surface area contributed by atoms with Gasteiger partial charge in [0.25, 0.3) is 5.91 Å². The van der Waals surface area contributed by atoms with Crippen molar-refractivity contribution in [2.45, 2.75) is 6.92 Å². The smallest absolute Gasteiger partial charge is 0.277 e. The summed E-state index contributed by atoms with van der Waals surface area (Å²) in [6, 6.07) is 10.5. The van der Waals surface area contributed by atoms with Crippen LogP contribution in [0, 0.1) is 6.92 Å². The van der Waals surface area contributed by atoms with Gasteiger partial charge in [0.2, 0.25) is 0 Å². The maximum Gasteiger partial charge on any atom is 0.277 e. The number of carbonyl (C=O) groups is 1. The number of methoxy groups -OCH3 is 2. The molecule has 6 nitrogen and oxygen atoms in total. The second-order valence-corrected chi connectivity index (χ2v) is 5.54. The third kappa shape index (κ3) is 5.39. The Hall–Kier alpha value is -2.73. The van der Waals surface area contributed by atoms with Crippen molar-refractivity contribution >= 4 is 23.7 Å². The molecule has 1 N–H and O–H groups in total. The Bertz CT molecular complexity index is 778. The molecule has 0 aliphatic heterocycles. The molecule has 0 aliphatic carbocycles. The molecule has 132 valence electrons. The van der Waals surface area contributed by atoms with Crippen LogP contribution in [-0.2, 0) is 4.79 Å². The van der Waals surface area contributed by atoms with Gasteiger partial charge in [-0.25, -0.2) is 5.43 Å². The summed E-state index contributed by atoms with van der Waals surface area (Å²) in [6.45, 7) is 1.71. The fraction of sp³-hybridized carbons (Fsp3) is 0.222. The molecule has 0 aliphatic rings. The molecule has 0 heterocycles. The number of aryl methyl sites for hydroxylation is 1. The Morgan fingerprint density at radius 2 is 1.84 bits per heavy atom. The van der Waals surface area contributed by atoms with Gasteiger partial charge in [0.1, 0.15) is 5.75 Å². The zero-order valence-corrected chi connectivity index (χ0v) is 15.0. The van der Waals surface area contributed by atoms with Crippen molar-refractivity contribution in [3.05, 3.63) is 52.5 Å². The van der Waals surface area contributed by atoms with E-state index in [1.807, 2.05) is 6.92 Å². The quantitative estimate of drug-likeness (QED) is 0.606. The lowest BCUT2D eigenvalue weighted by Gasteiger charge is -2.08. The average molecular weight is 363 g/mol. The largest absolute Gasteiger partial charge is 0.493 e. The maximum absolute atomic E-state index is 11.8. The zero-order valence-electron chi connectivity index (χ0n) is 14.2. The summed E-state index contributed by atoms with van der Waals surface area (Å²) in [5.74, 6) is 1.43. The van der Waals surface area contributed by atoms with Gasteiger partial charge in [0.05, 0.1) is 20.4 Å². The number of rotatable bonds is 7. The number of benzene rings is 2. The van der Waals surface area contributed by atoms with Gasteiger partial charge in [-0.3, -0.25) is 4.79 Å². The lowest BCUT2D eigenvalue weighted by Crippen LogP contribution is -2.24. The van der Waals surface area contributed by atoms with Crippen molar-refractivity contribution < 1.29 is 19.0 Å². The van der Waals surface area contributed by atoms with Crippen LogP contribution in [0.4, 0.5) is 0 Å². The zero-order chi connectivity index (χ0) is 18.2. The molecule has 0 bridgehead atoms. The summed E-state index contributed by atoms with van der Waals surface area (Å²) in [5.41, 5.74) is 4.02. The summed E-state index contributed by atoms with van der Waals surface area (Å²) in [6.07, 6.45) is 1.51. The SMILES string of the molecule is COc1ccc(/C=N/NC(=O)COc2ccc(Cl)cc2C)cc1OC. The Labute approximate surface area is 151 Å². The van der Waals surface area contributed by atoms with Crippen LogP contribution >= 0.6 is 11.6 Å². The van der Waals surface area contributed by atoms with Gasteiger partial charge in [0.15, 0.2) is 18.1 Å². The van der Waals surface area contributed by atoms with E-state index in [9.17, 15) is 4.79 Å². The van der Waals surface area contributed by atoms with E-state index < -0.39 is 0 Å². The summed E-state index contributed by atoms with van der Waals surface area (Å²) in [4.78, 5) is 11.8. The molecule has 1 amide bonds. The van der Waals surface area contributed by atoms with Crippen molar-refractivity contribution in [3.8, 4) is 17.2 Å². The number of amides is 1. The Balaban J connectivity index is 1.88. The number of nitrogens with zero attached hydrogens (tertiary/aromatic N) is 1. The van der Waals surface area contributed by atoms with Crippen molar-refractivity contribution in [2.24, 2.45) is 5.10 Å². The highest BCUT2D eigenvalue weighted by molar-refractivity contribution is 6.30. The minimum Gasteiger partial charge on any atom is -0.493 e. The molecule has 0 saturated heterocycles. The summed E-state index contributed by atoms with van der Waals surface area (Å²) in [5, 5.41) is 4.52. The van der Waals surface area contributed by atoms with Gasteiger partial charge in [-0.05, 0) is 54.4 Å². The van der Waals surface area contributed by atoms with Crippen LogP contribution in [0.5, 0.6) is 17.2 Å². The van der Waals surface area contributed by atoms with E-state index in [4.69, 9.17) is 25.8 Å². The molecule has 0 spiro atoms. The Kier molecular flexibility index (Phi) is 6.65. The molecule has 0 atom stereocenters. The Morgan fingerprint density at radius 1 is 1.12 bits per heavy atom. The highest BCUT2D eigenvalue weighted by Crippen LogP contribution is 2.26. The first kappa shape index (κ1) is 18.6. The van der Waals surface area contributed by atoms with Gasteiger partial charge in [-0.2, -0.15) is 5.10 Å². The molecule has 0 radical (unpaired) electrons. The van der Waals surface area contributed by atoms with Crippen molar-refractivity contribution in [3.63, 3.8) is 0 Å². The van der Waals surface area contributed by atoms with Gasteiger partial charge >= 0.3 is 0 Å². The monoisotopic (exact) mass is 362 g/mol. The highest BCUT2D eigenvalue weighted by atomic mass is 35.5. The van der Waals surface area contributed by atoms with E-state index >= 15 is 0 Å². The molecule has 2 rings (SSSR count). The number of carbonyl (C=O) groups excluding carboxylic acids is 1. The molecule has 25 heavy (non-hydrogen) atoms. The maximum atomic E-state index is 11.8. The number of ether oxygens (including phenoxy) is 3. The summed E-state index contributed by atoms with van der Waals surface area (Å²) >= 11 is 5.88. The Morgan fingerprint density at radius 3 is 2.52 bits per heavy atom. The van der Waals surface area contributed by atoms with Crippen molar-refractivity contribution in [1.29, 1.82) is 0 Å². The van der Waals surface area contributed by atoms with E-state index in [2.05, 4.69) is 10.5 Å². The summed E-state index contributed by atoms with van der Waals surface area (Å²) < 4.78 is 15.8. The molecule has 0 aromatic heterocycles. The van der Waals surface area contributed by atoms with Crippen LogP contribution in [0.25, 0.3) is 0 Å². The highest BCUT2D eigenvalue weighted by Gasteiger charge is 2.05. The van der Waals surface area contributed by atoms with Gasteiger partial charge < -0.3 is 14.2 Å². The van der Waals surface area contributed by atoms with Crippen LogP contribution in [0.1, 0.15) is 11.1 Å². The predicted molar refractivity (Wildman–Crippen MR) is 97.0 cm³/mol. The number of hydrogen-bond donors (Lipinski definition) is 1.